The summed E-state index contributed by atoms with van der Waals surface area (Å²) in [5.74, 6) is -5.06. The number of anilines is 1. The van der Waals surface area contributed by atoms with E-state index in [-0.39, 0.29) is 5.91 Å². The van der Waals surface area contributed by atoms with E-state index in [4.69, 9.17) is 4.74 Å². The molecule has 3 rings (SSSR count). The van der Waals surface area contributed by atoms with Gasteiger partial charge in [-0.25, -0.2) is 13.2 Å². The van der Waals surface area contributed by atoms with Crippen LogP contribution in [0.4, 0.5) is 18.9 Å². The predicted molar refractivity (Wildman–Crippen MR) is 96.6 cm³/mol. The molecule has 0 saturated carbocycles. The summed E-state index contributed by atoms with van der Waals surface area (Å²) in [7, 11) is 1.49. The van der Waals surface area contributed by atoms with Crippen molar-refractivity contribution in [1.82, 2.24) is 4.90 Å². The number of hydrogen-bond donors (Lipinski definition) is 1. The van der Waals surface area contributed by atoms with E-state index in [9.17, 15) is 22.8 Å². The first-order chi connectivity index (χ1) is 13.4. The number of rotatable bonds is 4. The first-order valence-corrected chi connectivity index (χ1v) is 8.79. The Hall–Kier alpha value is -3.03. The van der Waals surface area contributed by atoms with E-state index >= 15 is 0 Å². The van der Waals surface area contributed by atoms with Gasteiger partial charge in [-0.2, -0.15) is 0 Å². The van der Waals surface area contributed by atoms with Gasteiger partial charge in [-0.3, -0.25) is 9.59 Å². The zero-order valence-corrected chi connectivity index (χ0v) is 15.2. The van der Waals surface area contributed by atoms with Crippen LogP contribution in [0.1, 0.15) is 23.2 Å². The van der Waals surface area contributed by atoms with Gasteiger partial charge in [0.25, 0.3) is 5.91 Å². The molecule has 1 aliphatic rings. The molecule has 2 amide bonds. The zero-order chi connectivity index (χ0) is 20.3. The smallest absolute Gasteiger partial charge is 0.257 e. The summed E-state index contributed by atoms with van der Waals surface area (Å²) in [5, 5.41) is 2.30. The summed E-state index contributed by atoms with van der Waals surface area (Å²) < 4.78 is 45.2. The van der Waals surface area contributed by atoms with Gasteiger partial charge in [-0.05, 0) is 37.1 Å². The molecule has 2 aromatic carbocycles. The molecular formula is C20H19F3N2O3. The number of nitrogens with one attached hydrogen (secondary N) is 1. The lowest BCUT2D eigenvalue weighted by molar-refractivity contribution is -0.121. The van der Waals surface area contributed by atoms with E-state index in [2.05, 4.69) is 5.32 Å². The highest BCUT2D eigenvalue weighted by Crippen LogP contribution is 2.25. The van der Waals surface area contributed by atoms with Crippen molar-refractivity contribution in [1.29, 1.82) is 0 Å². The molecule has 2 aromatic rings. The van der Waals surface area contributed by atoms with Crippen LogP contribution < -0.4 is 10.1 Å². The van der Waals surface area contributed by atoms with Crippen molar-refractivity contribution in [2.75, 3.05) is 25.5 Å². The number of halogens is 3. The second-order valence-corrected chi connectivity index (χ2v) is 6.48. The number of carbonyl (C=O) groups excluding carboxylic acids is 2. The molecule has 0 bridgehead atoms. The second kappa shape index (κ2) is 8.33. The molecule has 28 heavy (non-hydrogen) atoms. The Morgan fingerprint density at radius 2 is 1.71 bits per heavy atom. The number of benzene rings is 2. The van der Waals surface area contributed by atoms with Crippen molar-refractivity contribution in [2.45, 2.75) is 12.8 Å². The van der Waals surface area contributed by atoms with E-state index in [1.807, 2.05) is 0 Å². The molecule has 1 aliphatic heterocycles. The molecule has 0 aromatic heterocycles. The third kappa shape index (κ3) is 3.95. The van der Waals surface area contributed by atoms with E-state index in [0.717, 1.165) is 12.1 Å². The molecule has 8 heteroatoms. The number of piperidine rings is 1. The van der Waals surface area contributed by atoms with E-state index < -0.39 is 35.0 Å². The lowest BCUT2D eigenvalue weighted by Crippen LogP contribution is -2.41. The topological polar surface area (TPSA) is 58.6 Å². The summed E-state index contributed by atoms with van der Waals surface area (Å²) in [5.41, 5.74) is 0.0354. The SMILES string of the molecule is COc1ccccc1C(=O)N1CCC(C(=O)Nc2ccc(F)c(F)c2F)CC1. The van der Waals surface area contributed by atoms with Crippen LogP contribution in [0.3, 0.4) is 0 Å². The number of ether oxygens (including phenoxy) is 1. The molecule has 0 unspecified atom stereocenters. The van der Waals surface area contributed by atoms with Crippen LogP contribution in [0.15, 0.2) is 36.4 Å². The molecule has 1 N–H and O–H groups in total. The van der Waals surface area contributed by atoms with Gasteiger partial charge < -0.3 is 15.0 Å². The first-order valence-electron chi connectivity index (χ1n) is 8.79. The summed E-state index contributed by atoms with van der Waals surface area (Å²) in [4.78, 5) is 26.6. The molecule has 0 aliphatic carbocycles. The lowest BCUT2D eigenvalue weighted by Gasteiger charge is -2.31. The third-order valence-electron chi connectivity index (χ3n) is 4.78. The van der Waals surface area contributed by atoms with Crippen LogP contribution in [-0.2, 0) is 4.79 Å². The minimum Gasteiger partial charge on any atom is -0.496 e. The Balaban J connectivity index is 1.61. The summed E-state index contributed by atoms with van der Waals surface area (Å²) >= 11 is 0. The quantitative estimate of drug-likeness (QED) is 0.809. The largest absolute Gasteiger partial charge is 0.496 e. The van der Waals surface area contributed by atoms with E-state index in [1.54, 1.807) is 29.2 Å². The molecule has 0 spiro atoms. The van der Waals surface area contributed by atoms with Gasteiger partial charge in [0, 0.05) is 19.0 Å². The standard InChI is InChI=1S/C20H19F3N2O3/c1-28-16-5-3-2-4-13(16)20(27)25-10-8-12(9-11-25)19(26)24-15-7-6-14(21)17(22)18(15)23/h2-7,12H,8-11H2,1H3,(H,24,26). The van der Waals surface area contributed by atoms with Gasteiger partial charge in [-0.15, -0.1) is 0 Å². The Labute approximate surface area is 160 Å². The van der Waals surface area contributed by atoms with Gasteiger partial charge >= 0.3 is 0 Å². The number of nitrogens with zero attached hydrogens (tertiary/aromatic N) is 1. The monoisotopic (exact) mass is 392 g/mol. The maximum absolute atomic E-state index is 13.7. The Morgan fingerprint density at radius 3 is 2.39 bits per heavy atom. The number of likely N-dealkylation sites (tertiary alicyclic amines) is 1. The highest BCUT2D eigenvalue weighted by molar-refractivity contribution is 5.97. The van der Waals surface area contributed by atoms with Crippen molar-refractivity contribution >= 4 is 17.5 Å². The maximum atomic E-state index is 13.7. The van der Waals surface area contributed by atoms with Gasteiger partial charge in [0.05, 0.1) is 18.4 Å². The molecule has 0 radical (unpaired) electrons. The number of para-hydroxylation sites is 1. The van der Waals surface area contributed by atoms with Crippen LogP contribution in [0, 0.1) is 23.4 Å². The van der Waals surface area contributed by atoms with Crippen LogP contribution in [0.25, 0.3) is 0 Å². The fourth-order valence-corrected chi connectivity index (χ4v) is 3.19. The molecular weight excluding hydrogens is 373 g/mol. The Kier molecular flexibility index (Phi) is 5.87. The third-order valence-corrected chi connectivity index (χ3v) is 4.78. The van der Waals surface area contributed by atoms with Crippen molar-refractivity contribution in [3.8, 4) is 5.75 Å². The minimum absolute atomic E-state index is 0.192. The second-order valence-electron chi connectivity index (χ2n) is 6.48. The molecule has 5 nitrogen and oxygen atoms in total. The summed E-state index contributed by atoms with van der Waals surface area (Å²) in [6.45, 7) is 0.685. The van der Waals surface area contributed by atoms with Crippen molar-refractivity contribution in [3.63, 3.8) is 0 Å². The van der Waals surface area contributed by atoms with Gasteiger partial charge in [0.2, 0.25) is 5.91 Å². The average molecular weight is 392 g/mol. The average Bonchev–Trinajstić information content (AvgIpc) is 2.73. The van der Waals surface area contributed by atoms with Crippen molar-refractivity contribution in [2.24, 2.45) is 5.92 Å². The van der Waals surface area contributed by atoms with Gasteiger partial charge in [-0.1, -0.05) is 12.1 Å². The zero-order valence-electron chi connectivity index (χ0n) is 15.2. The fourth-order valence-electron chi connectivity index (χ4n) is 3.19. The summed E-state index contributed by atoms with van der Waals surface area (Å²) in [6, 6.07) is 8.61. The Morgan fingerprint density at radius 1 is 1.04 bits per heavy atom. The Bertz CT molecular complexity index is 896. The number of hydrogen-bond acceptors (Lipinski definition) is 3. The maximum Gasteiger partial charge on any atom is 0.257 e. The number of methoxy groups -OCH3 is 1. The molecule has 1 saturated heterocycles. The first kappa shape index (κ1) is 19.7. The fraction of sp³-hybridized carbons (Fsp3) is 0.300. The molecule has 0 atom stereocenters. The van der Waals surface area contributed by atoms with Gasteiger partial charge in [0.15, 0.2) is 17.5 Å². The highest BCUT2D eigenvalue weighted by atomic mass is 19.2. The molecule has 1 heterocycles. The van der Waals surface area contributed by atoms with Gasteiger partial charge in [0.1, 0.15) is 5.75 Å². The lowest BCUT2D eigenvalue weighted by atomic mass is 9.95. The normalized spacial score (nSPS) is 14.6. The number of carbonyl (C=O) groups is 2. The number of amides is 2. The van der Waals surface area contributed by atoms with Crippen molar-refractivity contribution < 1.29 is 27.5 Å². The van der Waals surface area contributed by atoms with Crippen LogP contribution in [0.2, 0.25) is 0 Å². The van der Waals surface area contributed by atoms with Crippen LogP contribution in [-0.4, -0.2) is 36.9 Å². The van der Waals surface area contributed by atoms with E-state index in [1.165, 1.54) is 7.11 Å². The molecule has 148 valence electrons. The predicted octanol–water partition coefficient (Wildman–Crippen LogP) is 3.60. The molecule has 1 fully saturated rings. The summed E-state index contributed by atoms with van der Waals surface area (Å²) in [6.07, 6.45) is 0.746. The van der Waals surface area contributed by atoms with Crippen LogP contribution in [0.5, 0.6) is 5.75 Å². The van der Waals surface area contributed by atoms with Crippen LogP contribution >= 0.6 is 0 Å². The highest BCUT2D eigenvalue weighted by Gasteiger charge is 2.29. The van der Waals surface area contributed by atoms with Crippen molar-refractivity contribution in [3.05, 3.63) is 59.4 Å². The minimum atomic E-state index is -1.63. The van der Waals surface area contributed by atoms with E-state index in [0.29, 0.717) is 37.2 Å².